The number of benzene rings is 1. The summed E-state index contributed by atoms with van der Waals surface area (Å²) < 4.78 is 111. The van der Waals surface area contributed by atoms with Gasteiger partial charge in [0.2, 0.25) is 0 Å². The van der Waals surface area contributed by atoms with Crippen LogP contribution in [-0.4, -0.2) is 42.7 Å². The molecule has 0 aromatic heterocycles. The Kier molecular flexibility index (Phi) is 8.61. The van der Waals surface area contributed by atoms with E-state index < -0.39 is 49.2 Å². The maximum Gasteiger partial charge on any atom is 0.381 e. The van der Waals surface area contributed by atoms with E-state index in [0.29, 0.717) is 6.42 Å². The third kappa shape index (κ3) is 6.05. The van der Waals surface area contributed by atoms with E-state index in [2.05, 4.69) is 4.74 Å². The zero-order valence-corrected chi connectivity index (χ0v) is 15.6. The molecule has 30 heavy (non-hydrogen) atoms. The first-order valence-electron chi connectivity index (χ1n) is 8.62. The highest BCUT2D eigenvalue weighted by Crippen LogP contribution is 2.48. The molecule has 0 aliphatic rings. The predicted molar refractivity (Wildman–Crippen MR) is 87.1 cm³/mol. The van der Waals surface area contributed by atoms with Gasteiger partial charge in [-0.1, -0.05) is 25.1 Å². The lowest BCUT2D eigenvalue weighted by Crippen LogP contribution is -2.59. The van der Waals surface area contributed by atoms with Crippen LogP contribution in [0.25, 0.3) is 0 Å². The number of carbonyl (C=O) groups excluding carboxylic acids is 2. The summed E-state index contributed by atoms with van der Waals surface area (Å²) in [5.74, 6) is -20.5. The molecule has 0 aliphatic carbocycles. The number of esters is 2. The van der Waals surface area contributed by atoms with Crippen molar-refractivity contribution < 1.29 is 54.2 Å². The fourth-order valence-corrected chi connectivity index (χ4v) is 2.16. The van der Waals surface area contributed by atoms with E-state index in [1.54, 1.807) is 18.2 Å². The smallest absolute Gasteiger partial charge is 0.381 e. The molecule has 0 aliphatic heterocycles. The number of halogens is 8. The molecule has 0 saturated heterocycles. The largest absolute Gasteiger partial charge is 0.459 e. The summed E-state index contributed by atoms with van der Waals surface area (Å²) in [6.07, 6.45) is -5.82. The molecule has 1 rings (SSSR count). The summed E-state index contributed by atoms with van der Waals surface area (Å²) >= 11 is 0. The Bertz CT molecular complexity index is 737. The number of rotatable bonds is 11. The Labute approximate surface area is 166 Å². The van der Waals surface area contributed by atoms with Gasteiger partial charge in [-0.25, -0.2) is 8.78 Å². The lowest BCUT2D eigenvalue weighted by atomic mass is 10.1. The van der Waals surface area contributed by atoms with Gasteiger partial charge in [-0.2, -0.15) is 26.3 Å². The summed E-state index contributed by atoms with van der Waals surface area (Å²) in [6.45, 7) is -0.714. The first-order valence-corrected chi connectivity index (χ1v) is 8.62. The minimum atomic E-state index is -6.45. The molecule has 1 aromatic rings. The molecule has 0 N–H and O–H groups in total. The lowest BCUT2D eigenvalue weighted by Gasteiger charge is -2.31. The molecule has 0 amide bonds. The van der Waals surface area contributed by atoms with Gasteiger partial charge in [-0.3, -0.25) is 9.59 Å². The average Bonchev–Trinajstić information content (AvgIpc) is 2.66. The highest BCUT2D eigenvalue weighted by Gasteiger charge is 2.75. The second kappa shape index (κ2) is 10.1. The molecule has 0 atom stereocenters. The Hall–Kier alpha value is -2.40. The van der Waals surface area contributed by atoms with E-state index in [1.165, 1.54) is 6.07 Å². The molecule has 0 spiro atoms. The molecule has 0 unspecified atom stereocenters. The second-order valence-electron chi connectivity index (χ2n) is 6.15. The number of ether oxygens (including phenoxy) is 2. The number of carbonyl (C=O) groups is 2. The molecular weight excluding hydrogens is 432 g/mol. The van der Waals surface area contributed by atoms with Crippen molar-refractivity contribution in [2.75, 3.05) is 6.61 Å². The molecular formula is C18H18F8O4. The van der Waals surface area contributed by atoms with Crippen molar-refractivity contribution in [3.8, 4) is 5.75 Å². The minimum Gasteiger partial charge on any atom is -0.459 e. The third-order valence-corrected chi connectivity index (χ3v) is 3.91. The summed E-state index contributed by atoms with van der Waals surface area (Å²) in [6, 6.07) is 6.59. The molecule has 0 heterocycles. The van der Waals surface area contributed by atoms with Crippen LogP contribution >= 0.6 is 0 Å². The van der Waals surface area contributed by atoms with Gasteiger partial charge in [0.25, 0.3) is 0 Å². The highest BCUT2D eigenvalue weighted by atomic mass is 19.4. The van der Waals surface area contributed by atoms with Gasteiger partial charge < -0.3 is 9.47 Å². The maximum atomic E-state index is 13.3. The van der Waals surface area contributed by atoms with Gasteiger partial charge in [0.05, 0.1) is 0 Å². The molecule has 0 fully saturated rings. The first-order chi connectivity index (χ1) is 13.8. The van der Waals surface area contributed by atoms with Crippen molar-refractivity contribution in [3.63, 3.8) is 0 Å². The number of hydrogen-bond donors (Lipinski definition) is 0. The van der Waals surface area contributed by atoms with Gasteiger partial charge >= 0.3 is 36.1 Å². The van der Waals surface area contributed by atoms with Crippen molar-refractivity contribution in [1.29, 1.82) is 0 Å². The second-order valence-corrected chi connectivity index (χ2v) is 6.15. The van der Waals surface area contributed by atoms with Crippen LogP contribution in [0.4, 0.5) is 35.1 Å². The summed E-state index contributed by atoms with van der Waals surface area (Å²) in [4.78, 5) is 23.1. The Balaban J connectivity index is 2.50. The molecule has 170 valence electrons. The van der Waals surface area contributed by atoms with E-state index in [9.17, 15) is 44.7 Å². The molecule has 1 aromatic carbocycles. The summed E-state index contributed by atoms with van der Waals surface area (Å²) in [5.41, 5.74) is 0.731. The number of para-hydroxylation sites is 1. The highest BCUT2D eigenvalue weighted by molar-refractivity contribution is 5.74. The maximum absolute atomic E-state index is 13.3. The minimum absolute atomic E-state index is 0.277. The Morgan fingerprint density at radius 3 is 2.10 bits per heavy atom. The zero-order valence-electron chi connectivity index (χ0n) is 15.6. The monoisotopic (exact) mass is 450 g/mol. The summed E-state index contributed by atoms with van der Waals surface area (Å²) in [7, 11) is 0. The first kappa shape index (κ1) is 25.6. The van der Waals surface area contributed by atoms with Crippen LogP contribution in [-0.2, 0) is 20.7 Å². The van der Waals surface area contributed by atoms with Crippen LogP contribution in [0, 0.1) is 0 Å². The number of hydrogen-bond acceptors (Lipinski definition) is 4. The normalized spacial score (nSPS) is 12.7. The fourth-order valence-electron chi connectivity index (χ4n) is 2.16. The SMILES string of the molecule is CCc1ccccc1OC(=O)CCCC(=O)OCC(F)(F)C(F)(F)C(F)(F)C(F)F. The quantitative estimate of drug-likeness (QED) is 0.269. The molecule has 0 radical (unpaired) electrons. The van der Waals surface area contributed by atoms with E-state index >= 15 is 0 Å². The van der Waals surface area contributed by atoms with Gasteiger partial charge in [0, 0.05) is 12.8 Å². The van der Waals surface area contributed by atoms with Gasteiger partial charge in [-0.05, 0) is 24.5 Å². The van der Waals surface area contributed by atoms with Gasteiger partial charge in [0.1, 0.15) is 5.75 Å². The van der Waals surface area contributed by atoms with Crippen molar-refractivity contribution in [2.45, 2.75) is 56.8 Å². The topological polar surface area (TPSA) is 52.6 Å². The molecule has 4 nitrogen and oxygen atoms in total. The van der Waals surface area contributed by atoms with Crippen LogP contribution in [0.5, 0.6) is 5.75 Å². The number of aryl methyl sites for hydroxylation is 1. The average molecular weight is 450 g/mol. The predicted octanol–water partition coefficient (Wildman–Crippen LogP) is 5.04. The zero-order chi connectivity index (χ0) is 23.2. The van der Waals surface area contributed by atoms with Crippen molar-refractivity contribution in [3.05, 3.63) is 29.8 Å². The van der Waals surface area contributed by atoms with Crippen LogP contribution in [0.3, 0.4) is 0 Å². The van der Waals surface area contributed by atoms with Crippen LogP contribution in [0.1, 0.15) is 31.7 Å². The standard InChI is InChI=1S/C18H18F8O4/c1-2-11-6-3-4-7-12(11)30-14(28)9-5-8-13(27)29-10-16(21,22)18(25,26)17(23,24)15(19)20/h3-4,6-7,15H,2,5,8-10H2,1H3. The fraction of sp³-hybridized carbons (Fsp3) is 0.556. The van der Waals surface area contributed by atoms with E-state index in [0.717, 1.165) is 5.56 Å². The molecule has 12 heteroatoms. The van der Waals surface area contributed by atoms with Crippen LogP contribution in [0.2, 0.25) is 0 Å². The van der Waals surface area contributed by atoms with E-state index in [4.69, 9.17) is 4.74 Å². The van der Waals surface area contributed by atoms with E-state index in [1.807, 2.05) is 6.92 Å². The summed E-state index contributed by atoms with van der Waals surface area (Å²) in [5, 5.41) is 0. The van der Waals surface area contributed by atoms with Crippen LogP contribution in [0.15, 0.2) is 24.3 Å². The van der Waals surface area contributed by atoms with Crippen molar-refractivity contribution in [2.24, 2.45) is 0 Å². The van der Waals surface area contributed by atoms with E-state index in [-0.39, 0.29) is 18.6 Å². The van der Waals surface area contributed by atoms with Crippen molar-refractivity contribution >= 4 is 11.9 Å². The Morgan fingerprint density at radius 2 is 1.53 bits per heavy atom. The number of alkyl halides is 8. The van der Waals surface area contributed by atoms with Crippen molar-refractivity contribution in [1.82, 2.24) is 0 Å². The molecule has 0 saturated carbocycles. The molecule has 0 bridgehead atoms. The lowest BCUT2D eigenvalue weighted by molar-refractivity contribution is -0.344. The van der Waals surface area contributed by atoms with Crippen LogP contribution < -0.4 is 4.74 Å². The van der Waals surface area contributed by atoms with Gasteiger partial charge in [0.15, 0.2) is 6.61 Å². The Morgan fingerprint density at radius 1 is 0.967 bits per heavy atom. The third-order valence-electron chi connectivity index (χ3n) is 3.91. The van der Waals surface area contributed by atoms with Gasteiger partial charge in [-0.15, -0.1) is 0 Å².